The average Bonchev–Trinajstić information content (AvgIpc) is 2.38. The number of hydrogen-bond donors (Lipinski definition) is 2. The Hall–Kier alpha value is -1.68. The molecule has 1 aromatic heterocycles. The summed E-state index contributed by atoms with van der Waals surface area (Å²) in [5.74, 6) is 0.0878. The van der Waals surface area contributed by atoms with Crippen molar-refractivity contribution in [1.29, 1.82) is 0 Å². The molecule has 18 heavy (non-hydrogen) atoms. The molecule has 0 radical (unpaired) electrons. The van der Waals surface area contributed by atoms with Gasteiger partial charge in [0.15, 0.2) is 0 Å². The maximum Gasteiger partial charge on any atom is 0.324 e. The van der Waals surface area contributed by atoms with Crippen molar-refractivity contribution >= 4 is 16.0 Å². The molecule has 0 bridgehead atoms. The van der Waals surface area contributed by atoms with E-state index in [1.165, 1.54) is 21.3 Å². The van der Waals surface area contributed by atoms with Crippen molar-refractivity contribution in [2.24, 2.45) is 0 Å². The van der Waals surface area contributed by atoms with Crippen molar-refractivity contribution in [1.82, 2.24) is 19.7 Å². The summed E-state index contributed by atoms with van der Waals surface area (Å²) < 4.78 is 34.3. The van der Waals surface area contributed by atoms with Crippen LogP contribution in [0, 0.1) is 0 Å². The fraction of sp³-hybridized carbons (Fsp3) is 0.625. The summed E-state index contributed by atoms with van der Waals surface area (Å²) in [5, 5.41) is 2.74. The second kappa shape index (κ2) is 6.31. The third kappa shape index (κ3) is 4.30. The Kier molecular flexibility index (Phi) is 5.04. The summed E-state index contributed by atoms with van der Waals surface area (Å²) >= 11 is 0. The first-order chi connectivity index (χ1) is 8.50. The minimum absolute atomic E-state index is 0.0841. The van der Waals surface area contributed by atoms with Gasteiger partial charge in [-0.15, -0.1) is 4.98 Å². The molecule has 0 atom stereocenters. The van der Waals surface area contributed by atoms with Gasteiger partial charge in [0.1, 0.15) is 0 Å². The normalized spacial score (nSPS) is 11.1. The zero-order chi connectivity index (χ0) is 13.6. The molecule has 0 spiro atoms. The lowest BCUT2D eigenvalue weighted by molar-refractivity contribution is 0.341. The zero-order valence-corrected chi connectivity index (χ0v) is 11.1. The molecule has 10 heteroatoms. The first kappa shape index (κ1) is 14.4. The standard InChI is InChI=1S/C8H15N5O4S/c1-9-18(14,15)5-4-10-6-11-7(16-2)13-8(12-6)17-3/h9H,4-5H2,1-3H3,(H,10,11,12,13). The number of nitrogens with one attached hydrogen (secondary N) is 2. The summed E-state index contributed by atoms with van der Waals surface area (Å²) in [6, 6.07) is 0.168. The number of methoxy groups -OCH3 is 2. The second-order valence-corrected chi connectivity index (χ2v) is 5.13. The minimum Gasteiger partial charge on any atom is -0.467 e. The number of hydrogen-bond acceptors (Lipinski definition) is 8. The SMILES string of the molecule is CNS(=O)(=O)CCNc1nc(OC)nc(OC)n1. The lowest BCUT2D eigenvalue weighted by Crippen LogP contribution is -2.26. The van der Waals surface area contributed by atoms with Crippen molar-refractivity contribution in [2.75, 3.05) is 38.9 Å². The third-order valence-corrected chi connectivity index (χ3v) is 3.29. The Bertz CT molecular complexity index is 470. The van der Waals surface area contributed by atoms with Crippen LogP contribution in [0.4, 0.5) is 5.95 Å². The van der Waals surface area contributed by atoms with Gasteiger partial charge >= 0.3 is 12.0 Å². The van der Waals surface area contributed by atoms with Crippen LogP contribution in [0.15, 0.2) is 0 Å². The quantitative estimate of drug-likeness (QED) is 0.642. The molecule has 0 fully saturated rings. The lowest BCUT2D eigenvalue weighted by atomic mass is 10.7. The fourth-order valence-corrected chi connectivity index (χ4v) is 1.57. The molecule has 1 aromatic rings. The molecule has 0 unspecified atom stereocenters. The van der Waals surface area contributed by atoms with Crippen LogP contribution in [0.1, 0.15) is 0 Å². The van der Waals surface area contributed by atoms with Gasteiger partial charge in [0.05, 0.1) is 20.0 Å². The Morgan fingerprint density at radius 3 is 2.11 bits per heavy atom. The molecule has 0 amide bonds. The molecule has 102 valence electrons. The topological polar surface area (TPSA) is 115 Å². The summed E-state index contributed by atoms with van der Waals surface area (Å²) in [4.78, 5) is 11.6. The molecule has 2 N–H and O–H groups in total. The van der Waals surface area contributed by atoms with Gasteiger partial charge in [-0.05, 0) is 7.05 Å². The Morgan fingerprint density at radius 1 is 1.11 bits per heavy atom. The highest BCUT2D eigenvalue weighted by Gasteiger charge is 2.09. The molecule has 1 heterocycles. The summed E-state index contributed by atoms with van der Waals surface area (Å²) in [6.07, 6.45) is 0. The summed E-state index contributed by atoms with van der Waals surface area (Å²) in [5.41, 5.74) is 0. The Morgan fingerprint density at radius 2 is 1.67 bits per heavy atom. The number of sulfonamides is 1. The van der Waals surface area contributed by atoms with E-state index in [2.05, 4.69) is 25.0 Å². The van der Waals surface area contributed by atoms with Gasteiger partial charge in [0, 0.05) is 6.54 Å². The molecule has 9 nitrogen and oxygen atoms in total. The van der Waals surface area contributed by atoms with E-state index in [0.717, 1.165) is 0 Å². The van der Waals surface area contributed by atoms with Crippen LogP contribution < -0.4 is 19.5 Å². The van der Waals surface area contributed by atoms with Crippen LogP contribution in [-0.2, 0) is 10.0 Å². The minimum atomic E-state index is -3.27. The van der Waals surface area contributed by atoms with E-state index < -0.39 is 10.0 Å². The molecule has 0 saturated carbocycles. The number of rotatable bonds is 7. The van der Waals surface area contributed by atoms with Gasteiger partial charge in [0.2, 0.25) is 16.0 Å². The van der Waals surface area contributed by atoms with Crippen LogP contribution in [0.2, 0.25) is 0 Å². The smallest absolute Gasteiger partial charge is 0.324 e. The predicted molar refractivity (Wildman–Crippen MR) is 64.3 cm³/mol. The number of ether oxygens (including phenoxy) is 2. The molecule has 0 saturated heterocycles. The Balaban J connectivity index is 2.67. The lowest BCUT2D eigenvalue weighted by Gasteiger charge is -2.07. The van der Waals surface area contributed by atoms with Crippen molar-refractivity contribution in [3.63, 3.8) is 0 Å². The van der Waals surface area contributed by atoms with Gasteiger partial charge in [-0.1, -0.05) is 0 Å². The molecular weight excluding hydrogens is 262 g/mol. The number of anilines is 1. The molecular formula is C8H15N5O4S. The Labute approximate surface area is 105 Å². The van der Waals surface area contributed by atoms with Crippen LogP contribution in [-0.4, -0.2) is 56.9 Å². The molecule has 0 aliphatic heterocycles. The van der Waals surface area contributed by atoms with Crippen LogP contribution in [0.5, 0.6) is 12.0 Å². The van der Waals surface area contributed by atoms with Crippen molar-refractivity contribution in [3.8, 4) is 12.0 Å². The number of nitrogens with zero attached hydrogens (tertiary/aromatic N) is 3. The highest BCUT2D eigenvalue weighted by molar-refractivity contribution is 7.89. The maximum absolute atomic E-state index is 11.2. The third-order valence-electron chi connectivity index (χ3n) is 1.92. The highest BCUT2D eigenvalue weighted by Crippen LogP contribution is 2.11. The second-order valence-electron chi connectivity index (χ2n) is 3.08. The fourth-order valence-electron chi connectivity index (χ4n) is 0.999. The van der Waals surface area contributed by atoms with E-state index in [-0.39, 0.29) is 30.3 Å². The molecule has 0 aromatic carbocycles. The van der Waals surface area contributed by atoms with Crippen LogP contribution in [0.25, 0.3) is 0 Å². The molecule has 0 aliphatic carbocycles. The van der Waals surface area contributed by atoms with E-state index in [1.54, 1.807) is 0 Å². The summed E-state index contributed by atoms with van der Waals surface area (Å²) in [7, 11) is 0.898. The summed E-state index contributed by atoms with van der Waals surface area (Å²) in [6.45, 7) is 0.152. The number of aromatic nitrogens is 3. The first-order valence-electron chi connectivity index (χ1n) is 5.00. The van der Waals surface area contributed by atoms with Crippen molar-refractivity contribution in [3.05, 3.63) is 0 Å². The van der Waals surface area contributed by atoms with Crippen LogP contribution >= 0.6 is 0 Å². The van der Waals surface area contributed by atoms with Gasteiger partial charge in [0.25, 0.3) is 0 Å². The van der Waals surface area contributed by atoms with E-state index >= 15 is 0 Å². The van der Waals surface area contributed by atoms with Crippen LogP contribution in [0.3, 0.4) is 0 Å². The predicted octanol–water partition coefficient (Wildman–Crippen LogP) is -1.15. The monoisotopic (exact) mass is 277 g/mol. The van der Waals surface area contributed by atoms with Gasteiger partial charge in [-0.3, -0.25) is 0 Å². The van der Waals surface area contributed by atoms with Gasteiger partial charge in [-0.2, -0.15) is 9.97 Å². The van der Waals surface area contributed by atoms with Gasteiger partial charge < -0.3 is 14.8 Å². The van der Waals surface area contributed by atoms with E-state index in [0.29, 0.717) is 0 Å². The first-order valence-corrected chi connectivity index (χ1v) is 6.65. The van der Waals surface area contributed by atoms with E-state index in [9.17, 15) is 8.42 Å². The van der Waals surface area contributed by atoms with Crippen molar-refractivity contribution in [2.45, 2.75) is 0 Å². The zero-order valence-electron chi connectivity index (χ0n) is 10.3. The average molecular weight is 277 g/mol. The van der Waals surface area contributed by atoms with Crippen molar-refractivity contribution < 1.29 is 17.9 Å². The molecule has 1 rings (SSSR count). The largest absolute Gasteiger partial charge is 0.467 e. The van der Waals surface area contributed by atoms with E-state index in [4.69, 9.17) is 9.47 Å². The van der Waals surface area contributed by atoms with Gasteiger partial charge in [-0.25, -0.2) is 13.1 Å². The maximum atomic E-state index is 11.2. The molecule has 0 aliphatic rings. The highest BCUT2D eigenvalue weighted by atomic mass is 32.2. The van der Waals surface area contributed by atoms with E-state index in [1.807, 2.05) is 0 Å².